The largest absolute Gasteiger partial charge is 0.306 e. The first-order valence-corrected chi connectivity index (χ1v) is 6.30. The van der Waals surface area contributed by atoms with E-state index in [1.165, 1.54) is 5.56 Å². The Hall–Kier alpha value is -1.51. The Morgan fingerprint density at radius 2 is 1.94 bits per heavy atom. The summed E-state index contributed by atoms with van der Waals surface area (Å²) in [6.07, 6.45) is 3.94. The van der Waals surface area contributed by atoms with Gasteiger partial charge in [-0.15, -0.1) is 0 Å². The summed E-state index contributed by atoms with van der Waals surface area (Å²) in [4.78, 5) is 4.57. The zero-order chi connectivity index (χ0) is 12.7. The van der Waals surface area contributed by atoms with E-state index in [9.17, 15) is 0 Å². The number of rotatable bonds is 1. The number of imidazole rings is 1. The van der Waals surface area contributed by atoms with Gasteiger partial charge < -0.3 is 4.40 Å². The first kappa shape index (κ1) is 11.6. The molecule has 0 aliphatic heterocycles. The van der Waals surface area contributed by atoms with Gasteiger partial charge in [-0.05, 0) is 42.8 Å². The van der Waals surface area contributed by atoms with Gasteiger partial charge >= 0.3 is 0 Å². The Morgan fingerprint density at radius 1 is 1.11 bits per heavy atom. The molecule has 0 saturated carbocycles. The lowest BCUT2D eigenvalue weighted by molar-refractivity contribution is 1.17. The van der Waals surface area contributed by atoms with E-state index in [1.54, 1.807) is 12.1 Å². The van der Waals surface area contributed by atoms with E-state index in [0.717, 1.165) is 16.9 Å². The highest BCUT2D eigenvalue weighted by Crippen LogP contribution is 2.30. The van der Waals surface area contributed by atoms with E-state index in [-0.39, 0.29) is 0 Å². The summed E-state index contributed by atoms with van der Waals surface area (Å²) in [7, 11) is 0. The minimum atomic E-state index is 0.652. The van der Waals surface area contributed by atoms with Crippen molar-refractivity contribution in [2.75, 3.05) is 0 Å². The molecule has 0 unspecified atom stereocenters. The summed E-state index contributed by atoms with van der Waals surface area (Å²) in [5.74, 6) is 0. The van der Waals surface area contributed by atoms with Crippen LogP contribution in [0.2, 0.25) is 10.0 Å². The maximum absolute atomic E-state index is 6.18. The van der Waals surface area contributed by atoms with Crippen molar-refractivity contribution < 1.29 is 0 Å². The van der Waals surface area contributed by atoms with Crippen LogP contribution in [0, 0.1) is 6.92 Å². The zero-order valence-electron chi connectivity index (χ0n) is 9.69. The molecule has 3 rings (SSSR count). The number of hydrogen-bond donors (Lipinski definition) is 0. The van der Waals surface area contributed by atoms with Crippen molar-refractivity contribution in [3.8, 4) is 11.3 Å². The predicted molar refractivity (Wildman–Crippen MR) is 75.4 cm³/mol. The van der Waals surface area contributed by atoms with Crippen molar-refractivity contribution >= 4 is 28.8 Å². The lowest BCUT2D eigenvalue weighted by Gasteiger charge is -2.00. The number of fused-ring (bicyclic) bond motifs is 1. The second-order valence-corrected chi connectivity index (χ2v) is 5.06. The van der Waals surface area contributed by atoms with Gasteiger partial charge in [0.2, 0.25) is 0 Å². The molecule has 0 bridgehead atoms. The van der Waals surface area contributed by atoms with Crippen LogP contribution in [0.15, 0.2) is 42.7 Å². The van der Waals surface area contributed by atoms with Crippen molar-refractivity contribution in [1.82, 2.24) is 9.38 Å². The lowest BCUT2D eigenvalue weighted by atomic mass is 10.2. The number of aryl methyl sites for hydroxylation is 1. The molecule has 0 atom stereocenters. The van der Waals surface area contributed by atoms with Crippen LogP contribution in [0.1, 0.15) is 5.56 Å². The average Bonchev–Trinajstić information content (AvgIpc) is 2.74. The normalized spacial score (nSPS) is 11.1. The SMILES string of the molecule is Cc1ccn2cc(-c3cc(Cl)ccc3Cl)nc2c1. The molecule has 0 amide bonds. The maximum Gasteiger partial charge on any atom is 0.137 e. The molecule has 2 nitrogen and oxygen atoms in total. The first-order valence-electron chi connectivity index (χ1n) is 5.54. The smallest absolute Gasteiger partial charge is 0.137 e. The van der Waals surface area contributed by atoms with E-state index in [4.69, 9.17) is 23.2 Å². The van der Waals surface area contributed by atoms with Crippen molar-refractivity contribution in [2.45, 2.75) is 6.92 Å². The van der Waals surface area contributed by atoms with Gasteiger partial charge in [0.05, 0.1) is 10.7 Å². The molecular formula is C14H10Cl2N2. The van der Waals surface area contributed by atoms with Gasteiger partial charge in [0.15, 0.2) is 0 Å². The minimum Gasteiger partial charge on any atom is -0.306 e. The van der Waals surface area contributed by atoms with Crippen molar-refractivity contribution in [1.29, 1.82) is 0 Å². The minimum absolute atomic E-state index is 0.652. The molecular weight excluding hydrogens is 267 g/mol. The summed E-state index contributed by atoms with van der Waals surface area (Å²) in [6.45, 7) is 2.04. The van der Waals surface area contributed by atoms with Crippen LogP contribution in [0.5, 0.6) is 0 Å². The highest BCUT2D eigenvalue weighted by Gasteiger charge is 2.08. The van der Waals surface area contributed by atoms with E-state index in [2.05, 4.69) is 4.98 Å². The molecule has 0 aliphatic carbocycles. The molecule has 0 fully saturated rings. The average molecular weight is 277 g/mol. The van der Waals surface area contributed by atoms with Gasteiger partial charge in [0, 0.05) is 23.0 Å². The van der Waals surface area contributed by atoms with Crippen LogP contribution in [0.3, 0.4) is 0 Å². The van der Waals surface area contributed by atoms with Crippen LogP contribution in [0.4, 0.5) is 0 Å². The van der Waals surface area contributed by atoms with E-state index in [0.29, 0.717) is 10.0 Å². The van der Waals surface area contributed by atoms with Gasteiger partial charge in [-0.3, -0.25) is 0 Å². The molecule has 0 N–H and O–H groups in total. The molecule has 0 radical (unpaired) electrons. The van der Waals surface area contributed by atoms with Gasteiger partial charge in [-0.2, -0.15) is 0 Å². The third-order valence-electron chi connectivity index (χ3n) is 2.82. The second kappa shape index (κ2) is 4.30. The molecule has 0 saturated heterocycles. The van der Waals surface area contributed by atoms with Crippen LogP contribution < -0.4 is 0 Å². The number of nitrogens with zero attached hydrogens (tertiary/aromatic N) is 2. The standard InChI is InChI=1S/C14H10Cl2N2/c1-9-4-5-18-8-13(17-14(18)6-9)11-7-10(15)2-3-12(11)16/h2-8H,1H3. The molecule has 1 aromatic carbocycles. The van der Waals surface area contributed by atoms with Crippen LogP contribution in [-0.4, -0.2) is 9.38 Å². The molecule has 2 aromatic heterocycles. The third-order valence-corrected chi connectivity index (χ3v) is 3.38. The summed E-state index contributed by atoms with van der Waals surface area (Å²) in [5.41, 5.74) is 3.76. The van der Waals surface area contributed by atoms with Gasteiger partial charge in [0.25, 0.3) is 0 Å². The van der Waals surface area contributed by atoms with Gasteiger partial charge in [0.1, 0.15) is 5.65 Å². The van der Waals surface area contributed by atoms with Crippen LogP contribution in [-0.2, 0) is 0 Å². The van der Waals surface area contributed by atoms with Crippen molar-refractivity contribution in [3.63, 3.8) is 0 Å². The molecule has 2 heterocycles. The van der Waals surface area contributed by atoms with Gasteiger partial charge in [-0.25, -0.2) is 4.98 Å². The van der Waals surface area contributed by atoms with Crippen LogP contribution >= 0.6 is 23.2 Å². The Morgan fingerprint density at radius 3 is 2.78 bits per heavy atom. The second-order valence-electron chi connectivity index (χ2n) is 4.22. The van der Waals surface area contributed by atoms with Gasteiger partial charge in [-0.1, -0.05) is 23.2 Å². The topological polar surface area (TPSA) is 17.3 Å². The predicted octanol–water partition coefficient (Wildman–Crippen LogP) is 4.62. The van der Waals surface area contributed by atoms with Crippen LogP contribution in [0.25, 0.3) is 16.9 Å². The number of pyridine rings is 1. The first-order chi connectivity index (χ1) is 8.63. The Balaban J connectivity index is 2.22. The van der Waals surface area contributed by atoms with Crippen molar-refractivity contribution in [3.05, 3.63) is 58.3 Å². The molecule has 18 heavy (non-hydrogen) atoms. The fourth-order valence-electron chi connectivity index (χ4n) is 1.91. The molecule has 4 heteroatoms. The van der Waals surface area contributed by atoms with E-state index >= 15 is 0 Å². The Kier molecular flexibility index (Phi) is 2.77. The van der Waals surface area contributed by atoms with E-state index < -0.39 is 0 Å². The molecule has 3 aromatic rings. The number of halogens is 2. The fraction of sp³-hybridized carbons (Fsp3) is 0.0714. The highest BCUT2D eigenvalue weighted by molar-refractivity contribution is 6.35. The molecule has 90 valence electrons. The highest BCUT2D eigenvalue weighted by atomic mass is 35.5. The van der Waals surface area contributed by atoms with Crippen molar-refractivity contribution in [2.24, 2.45) is 0 Å². The summed E-state index contributed by atoms with van der Waals surface area (Å²) < 4.78 is 1.97. The quantitative estimate of drug-likeness (QED) is 0.634. The lowest BCUT2D eigenvalue weighted by Crippen LogP contribution is -1.81. The number of hydrogen-bond acceptors (Lipinski definition) is 1. The Bertz CT molecular complexity index is 732. The third kappa shape index (κ3) is 1.98. The fourth-order valence-corrected chi connectivity index (χ4v) is 2.29. The molecule has 0 aliphatic rings. The summed E-state index contributed by atoms with van der Waals surface area (Å²) in [6, 6.07) is 9.46. The number of aromatic nitrogens is 2. The monoisotopic (exact) mass is 276 g/mol. The number of benzene rings is 1. The molecule has 0 spiro atoms. The maximum atomic E-state index is 6.18. The Labute approximate surface area is 115 Å². The summed E-state index contributed by atoms with van der Waals surface area (Å²) >= 11 is 12.2. The summed E-state index contributed by atoms with van der Waals surface area (Å²) in [5, 5.41) is 1.31. The van der Waals surface area contributed by atoms with E-state index in [1.807, 2.05) is 41.9 Å². The zero-order valence-corrected chi connectivity index (χ0v) is 11.2.